The van der Waals surface area contributed by atoms with Crippen molar-refractivity contribution >= 4 is 32.4 Å². The first-order valence-corrected chi connectivity index (χ1v) is 11.5. The van der Waals surface area contributed by atoms with Gasteiger partial charge in [-0.3, -0.25) is 13.3 Å². The van der Waals surface area contributed by atoms with Gasteiger partial charge >= 0.3 is 0 Å². The van der Waals surface area contributed by atoms with Crippen LogP contribution in [0, 0.1) is 6.92 Å². The van der Waals surface area contributed by atoms with Crippen molar-refractivity contribution in [1.29, 1.82) is 0 Å². The van der Waals surface area contributed by atoms with E-state index in [1.807, 2.05) is 6.92 Å². The zero-order valence-electron chi connectivity index (χ0n) is 15.3. The van der Waals surface area contributed by atoms with Crippen molar-refractivity contribution in [2.75, 3.05) is 35.9 Å². The van der Waals surface area contributed by atoms with Crippen LogP contribution in [0.3, 0.4) is 0 Å². The van der Waals surface area contributed by atoms with Gasteiger partial charge in [0.25, 0.3) is 15.9 Å². The zero-order valence-corrected chi connectivity index (χ0v) is 16.9. The van der Waals surface area contributed by atoms with Gasteiger partial charge in [-0.25, -0.2) is 8.42 Å². The van der Waals surface area contributed by atoms with Gasteiger partial charge in [0.2, 0.25) is 0 Å². The molecule has 1 aliphatic rings. The number of carbonyl (C=O) groups excluding carboxylic acids is 1. The van der Waals surface area contributed by atoms with Crippen LogP contribution in [0.2, 0.25) is 0 Å². The Bertz CT molecular complexity index is 944. The molecule has 0 atom stereocenters. The van der Waals surface area contributed by atoms with Crippen LogP contribution >= 0.6 is 0 Å². The van der Waals surface area contributed by atoms with Gasteiger partial charge in [0.05, 0.1) is 10.6 Å². The quantitative estimate of drug-likeness (QED) is 0.779. The zero-order chi connectivity index (χ0) is 19.6. The lowest BCUT2D eigenvalue weighted by atomic mass is 10.2. The molecule has 0 unspecified atom stereocenters. The number of amides is 1. The van der Waals surface area contributed by atoms with Gasteiger partial charge in [-0.15, -0.1) is 0 Å². The van der Waals surface area contributed by atoms with E-state index in [0.717, 1.165) is 5.56 Å². The van der Waals surface area contributed by atoms with Gasteiger partial charge in [-0.05, 0) is 43.3 Å². The molecule has 6 nitrogen and oxygen atoms in total. The van der Waals surface area contributed by atoms with E-state index in [2.05, 4.69) is 0 Å². The highest BCUT2D eigenvalue weighted by molar-refractivity contribution is 7.92. The number of aryl methyl sites for hydroxylation is 1. The molecule has 8 heteroatoms. The first-order valence-electron chi connectivity index (χ1n) is 8.59. The number of nitrogens with zero attached hydrogens (tertiary/aromatic N) is 2. The third-order valence-electron chi connectivity index (χ3n) is 4.62. The number of benzene rings is 2. The summed E-state index contributed by atoms with van der Waals surface area (Å²) in [6, 6.07) is 13.2. The minimum absolute atomic E-state index is 0.123. The second-order valence-corrected chi connectivity index (χ2v) is 10.1. The Balaban J connectivity index is 1.77. The standard InChI is InChI=1S/C19H22N2O4S2/c1-15-3-9-18(10-4-15)27(24,25)20(2)17-7-5-16(6-8-17)19(22)21-11-13-26(23)14-12-21/h3-10H,11-14H2,1-2H3. The minimum atomic E-state index is -3.66. The minimum Gasteiger partial charge on any atom is -0.337 e. The van der Waals surface area contributed by atoms with E-state index >= 15 is 0 Å². The highest BCUT2D eigenvalue weighted by Crippen LogP contribution is 2.23. The maximum absolute atomic E-state index is 12.8. The third kappa shape index (κ3) is 4.22. The first-order chi connectivity index (χ1) is 12.8. The Hall–Kier alpha value is -2.19. The summed E-state index contributed by atoms with van der Waals surface area (Å²) in [6.07, 6.45) is 0. The predicted octanol–water partition coefficient (Wildman–Crippen LogP) is 2.02. The van der Waals surface area contributed by atoms with Crippen LogP contribution in [0.4, 0.5) is 5.69 Å². The summed E-state index contributed by atoms with van der Waals surface area (Å²) in [6.45, 7) is 2.86. The van der Waals surface area contributed by atoms with Crippen molar-refractivity contribution < 1.29 is 17.4 Å². The third-order valence-corrected chi connectivity index (χ3v) is 7.70. The molecule has 0 aromatic heterocycles. The monoisotopic (exact) mass is 406 g/mol. The highest BCUT2D eigenvalue weighted by atomic mass is 32.2. The molecule has 2 aromatic carbocycles. The molecule has 0 radical (unpaired) electrons. The van der Waals surface area contributed by atoms with Crippen molar-refractivity contribution in [1.82, 2.24) is 4.90 Å². The fourth-order valence-electron chi connectivity index (χ4n) is 2.84. The SMILES string of the molecule is Cc1ccc(S(=O)(=O)N(C)c2ccc(C(=O)N3CCS(=O)CC3)cc2)cc1. The fourth-order valence-corrected chi connectivity index (χ4v) is 5.09. The predicted molar refractivity (Wildman–Crippen MR) is 107 cm³/mol. The van der Waals surface area contributed by atoms with Crippen molar-refractivity contribution in [3.8, 4) is 0 Å². The van der Waals surface area contributed by atoms with Crippen LogP contribution < -0.4 is 4.31 Å². The maximum atomic E-state index is 12.8. The van der Waals surface area contributed by atoms with E-state index in [1.54, 1.807) is 53.4 Å². The van der Waals surface area contributed by atoms with Crippen LogP contribution in [0.15, 0.2) is 53.4 Å². The molecule has 144 valence electrons. The molecule has 3 rings (SSSR count). The van der Waals surface area contributed by atoms with Gasteiger partial charge in [-0.2, -0.15) is 0 Å². The Kier molecular flexibility index (Phi) is 5.67. The Labute approximate surface area is 162 Å². The normalized spacial score (nSPS) is 15.6. The van der Waals surface area contributed by atoms with Crippen LogP contribution in [0.5, 0.6) is 0 Å². The summed E-state index contributed by atoms with van der Waals surface area (Å²) in [7, 11) is -3.01. The average molecular weight is 407 g/mol. The van der Waals surface area contributed by atoms with E-state index in [1.165, 1.54) is 11.4 Å². The lowest BCUT2D eigenvalue weighted by Gasteiger charge is -2.26. The molecular formula is C19H22N2O4S2. The highest BCUT2D eigenvalue weighted by Gasteiger charge is 2.23. The fraction of sp³-hybridized carbons (Fsp3) is 0.316. The van der Waals surface area contributed by atoms with Crippen molar-refractivity contribution in [3.63, 3.8) is 0 Å². The molecule has 0 saturated carbocycles. The Morgan fingerprint density at radius 2 is 1.56 bits per heavy atom. The summed E-state index contributed by atoms with van der Waals surface area (Å²) in [5.74, 6) is 0.880. The molecule has 27 heavy (non-hydrogen) atoms. The summed E-state index contributed by atoms with van der Waals surface area (Å²) < 4.78 is 38.2. The second kappa shape index (κ2) is 7.82. The Morgan fingerprint density at radius 3 is 2.11 bits per heavy atom. The number of anilines is 1. The number of carbonyl (C=O) groups is 1. The summed E-state index contributed by atoms with van der Waals surface area (Å²) in [4.78, 5) is 14.4. The van der Waals surface area contributed by atoms with Crippen molar-refractivity contribution in [3.05, 3.63) is 59.7 Å². The molecule has 1 amide bonds. The van der Waals surface area contributed by atoms with E-state index < -0.39 is 20.8 Å². The summed E-state index contributed by atoms with van der Waals surface area (Å²) in [5.41, 5.74) is 1.96. The van der Waals surface area contributed by atoms with Crippen molar-refractivity contribution in [2.24, 2.45) is 0 Å². The van der Waals surface area contributed by atoms with Crippen molar-refractivity contribution in [2.45, 2.75) is 11.8 Å². The molecule has 0 bridgehead atoms. The molecule has 1 fully saturated rings. The lowest BCUT2D eigenvalue weighted by molar-refractivity contribution is 0.0771. The van der Waals surface area contributed by atoms with Crippen LogP contribution in [0.25, 0.3) is 0 Å². The molecule has 1 aliphatic heterocycles. The second-order valence-electron chi connectivity index (χ2n) is 6.47. The van der Waals surface area contributed by atoms with Gasteiger partial charge in [0, 0.05) is 48.0 Å². The molecule has 1 saturated heterocycles. The van der Waals surface area contributed by atoms with Gasteiger partial charge in [0.15, 0.2) is 0 Å². The van der Waals surface area contributed by atoms with E-state index in [0.29, 0.717) is 35.8 Å². The molecule has 2 aromatic rings. The average Bonchev–Trinajstić information content (AvgIpc) is 2.68. The van der Waals surface area contributed by atoms with E-state index in [-0.39, 0.29) is 10.8 Å². The Morgan fingerprint density at radius 1 is 1.00 bits per heavy atom. The number of hydrogen-bond donors (Lipinski definition) is 0. The first kappa shape index (κ1) is 19.6. The maximum Gasteiger partial charge on any atom is 0.264 e. The molecule has 0 N–H and O–H groups in total. The summed E-state index contributed by atoms with van der Waals surface area (Å²) >= 11 is 0. The van der Waals surface area contributed by atoms with E-state index in [9.17, 15) is 17.4 Å². The molecule has 1 heterocycles. The number of hydrogen-bond acceptors (Lipinski definition) is 4. The molecular weight excluding hydrogens is 384 g/mol. The van der Waals surface area contributed by atoms with Crippen LogP contribution in [-0.4, -0.2) is 55.1 Å². The molecule has 0 spiro atoms. The van der Waals surface area contributed by atoms with Gasteiger partial charge in [-0.1, -0.05) is 17.7 Å². The van der Waals surface area contributed by atoms with Crippen LogP contribution in [0.1, 0.15) is 15.9 Å². The van der Waals surface area contributed by atoms with E-state index in [4.69, 9.17) is 0 Å². The topological polar surface area (TPSA) is 74.8 Å². The van der Waals surface area contributed by atoms with Gasteiger partial charge < -0.3 is 4.90 Å². The van der Waals surface area contributed by atoms with Crippen LogP contribution in [-0.2, 0) is 20.8 Å². The lowest BCUT2D eigenvalue weighted by Crippen LogP contribution is -2.41. The van der Waals surface area contributed by atoms with Gasteiger partial charge in [0.1, 0.15) is 0 Å². The largest absolute Gasteiger partial charge is 0.337 e. The number of sulfonamides is 1. The smallest absolute Gasteiger partial charge is 0.264 e. The number of rotatable bonds is 4. The summed E-state index contributed by atoms with van der Waals surface area (Å²) in [5, 5.41) is 0. The molecule has 0 aliphatic carbocycles.